The third-order valence-corrected chi connectivity index (χ3v) is 1.63. The van der Waals surface area contributed by atoms with Crippen LogP contribution in [-0.2, 0) is 0 Å². The van der Waals surface area contributed by atoms with Gasteiger partial charge in [0.1, 0.15) is 5.75 Å². The quantitative estimate of drug-likeness (QED) is 0.661. The van der Waals surface area contributed by atoms with Crippen LogP contribution in [-0.4, -0.2) is 7.11 Å². The van der Waals surface area contributed by atoms with Crippen LogP contribution in [0.1, 0.15) is 12.0 Å². The topological polar surface area (TPSA) is 33.0 Å². The molecular formula is C11H7F2NO. The van der Waals surface area contributed by atoms with Gasteiger partial charge >= 0.3 is 0 Å². The average Bonchev–Trinajstić information content (AvgIpc) is 2.23. The van der Waals surface area contributed by atoms with Gasteiger partial charge in [-0.25, -0.2) is 8.78 Å². The molecular weight excluding hydrogens is 200 g/mol. The Bertz CT molecular complexity index is 466. The van der Waals surface area contributed by atoms with Crippen LogP contribution >= 0.6 is 0 Å². The van der Waals surface area contributed by atoms with Crippen LogP contribution in [0.25, 0.3) is 0 Å². The van der Waals surface area contributed by atoms with Crippen LogP contribution in [0.3, 0.4) is 0 Å². The van der Waals surface area contributed by atoms with Crippen molar-refractivity contribution < 1.29 is 13.5 Å². The van der Waals surface area contributed by atoms with Crippen LogP contribution in [0.15, 0.2) is 12.1 Å². The van der Waals surface area contributed by atoms with Gasteiger partial charge in [0, 0.05) is 6.07 Å². The maximum atomic E-state index is 12.8. The molecule has 0 aliphatic carbocycles. The van der Waals surface area contributed by atoms with E-state index in [9.17, 15) is 8.78 Å². The molecule has 0 aliphatic rings. The highest BCUT2D eigenvalue weighted by atomic mass is 19.2. The Morgan fingerprint density at radius 3 is 2.60 bits per heavy atom. The summed E-state index contributed by atoms with van der Waals surface area (Å²) < 4.78 is 30.4. The predicted molar refractivity (Wildman–Crippen MR) is 50.0 cm³/mol. The van der Waals surface area contributed by atoms with Gasteiger partial charge in [0.05, 0.1) is 25.2 Å². The summed E-state index contributed by atoms with van der Waals surface area (Å²) >= 11 is 0. The fraction of sp³-hybridized carbons (Fsp3) is 0.182. The summed E-state index contributed by atoms with van der Waals surface area (Å²) in [5, 5.41) is 8.25. The first-order valence-electron chi connectivity index (χ1n) is 4.08. The Hall–Kier alpha value is -2.07. The van der Waals surface area contributed by atoms with Crippen molar-refractivity contribution in [2.24, 2.45) is 0 Å². The first kappa shape index (κ1) is 11.0. The van der Waals surface area contributed by atoms with Gasteiger partial charge in [-0.2, -0.15) is 5.26 Å². The normalized spacial score (nSPS) is 8.67. The van der Waals surface area contributed by atoms with Crippen molar-refractivity contribution in [3.8, 4) is 23.7 Å². The van der Waals surface area contributed by atoms with Crippen LogP contribution in [0, 0.1) is 34.8 Å². The van der Waals surface area contributed by atoms with E-state index >= 15 is 0 Å². The third kappa shape index (κ3) is 2.69. The third-order valence-electron chi connectivity index (χ3n) is 1.63. The molecule has 0 heterocycles. The van der Waals surface area contributed by atoms with Crippen molar-refractivity contribution in [3.63, 3.8) is 0 Å². The lowest BCUT2D eigenvalue weighted by atomic mass is 10.2. The lowest BCUT2D eigenvalue weighted by molar-refractivity contribution is 0.405. The first-order chi connectivity index (χ1) is 7.19. The second-order valence-electron chi connectivity index (χ2n) is 2.60. The molecule has 15 heavy (non-hydrogen) atoms. The summed E-state index contributed by atoms with van der Waals surface area (Å²) in [4.78, 5) is 0. The van der Waals surface area contributed by atoms with Gasteiger partial charge in [-0.1, -0.05) is 11.8 Å². The molecule has 0 bridgehead atoms. The largest absolute Gasteiger partial charge is 0.495 e. The van der Waals surface area contributed by atoms with Gasteiger partial charge < -0.3 is 4.74 Å². The van der Waals surface area contributed by atoms with Crippen molar-refractivity contribution in [2.75, 3.05) is 7.11 Å². The van der Waals surface area contributed by atoms with Gasteiger partial charge in [0.2, 0.25) is 0 Å². The van der Waals surface area contributed by atoms with Gasteiger partial charge in [-0.05, 0) is 6.07 Å². The standard InChI is InChI=1S/C11H7F2NO/c1-15-11-7-10(13)9(12)6-8(11)4-2-3-5-14/h6-7H,3H2,1H3. The van der Waals surface area contributed by atoms with Crippen LogP contribution < -0.4 is 4.74 Å². The smallest absolute Gasteiger partial charge is 0.162 e. The highest BCUT2D eigenvalue weighted by Gasteiger charge is 2.08. The molecule has 0 atom stereocenters. The van der Waals surface area contributed by atoms with Crippen molar-refractivity contribution in [2.45, 2.75) is 6.42 Å². The molecule has 76 valence electrons. The molecule has 0 amide bonds. The van der Waals surface area contributed by atoms with Gasteiger partial charge in [-0.15, -0.1) is 0 Å². The van der Waals surface area contributed by atoms with E-state index in [-0.39, 0.29) is 17.7 Å². The molecule has 1 aromatic carbocycles. The molecule has 0 unspecified atom stereocenters. The number of rotatable bonds is 1. The Morgan fingerprint density at radius 2 is 2.00 bits per heavy atom. The monoisotopic (exact) mass is 207 g/mol. The minimum absolute atomic E-state index is 0.0299. The van der Waals surface area contributed by atoms with Crippen molar-refractivity contribution >= 4 is 0 Å². The molecule has 0 saturated heterocycles. The highest BCUT2D eigenvalue weighted by molar-refractivity contribution is 5.46. The number of nitrogens with zero attached hydrogens (tertiary/aromatic N) is 1. The molecule has 0 spiro atoms. The number of nitriles is 1. The molecule has 1 aromatic rings. The van der Waals surface area contributed by atoms with Gasteiger partial charge in [0.25, 0.3) is 0 Å². The number of benzene rings is 1. The van der Waals surface area contributed by atoms with E-state index in [0.717, 1.165) is 12.1 Å². The molecule has 0 aliphatic heterocycles. The van der Waals surface area contributed by atoms with Crippen molar-refractivity contribution in [1.29, 1.82) is 5.26 Å². The minimum atomic E-state index is -0.989. The Labute approximate surface area is 86.1 Å². The Balaban J connectivity index is 3.13. The fourth-order valence-electron chi connectivity index (χ4n) is 0.974. The SMILES string of the molecule is COc1cc(F)c(F)cc1C#CCC#N. The van der Waals surface area contributed by atoms with E-state index in [0.29, 0.717) is 0 Å². The summed E-state index contributed by atoms with van der Waals surface area (Å²) in [7, 11) is 1.34. The first-order valence-corrected chi connectivity index (χ1v) is 4.08. The van der Waals surface area contributed by atoms with Crippen LogP contribution in [0.5, 0.6) is 5.75 Å². The summed E-state index contributed by atoms with van der Waals surface area (Å²) in [6.07, 6.45) is 0.0299. The zero-order valence-corrected chi connectivity index (χ0v) is 7.97. The van der Waals surface area contributed by atoms with E-state index in [2.05, 4.69) is 11.8 Å². The molecule has 2 nitrogen and oxygen atoms in total. The van der Waals surface area contributed by atoms with Crippen molar-refractivity contribution in [3.05, 3.63) is 29.3 Å². The number of hydrogen-bond donors (Lipinski definition) is 0. The zero-order valence-electron chi connectivity index (χ0n) is 7.97. The molecule has 0 aromatic heterocycles. The van der Waals surface area contributed by atoms with Gasteiger partial charge in [-0.3, -0.25) is 0 Å². The zero-order chi connectivity index (χ0) is 11.3. The maximum absolute atomic E-state index is 12.8. The lowest BCUT2D eigenvalue weighted by Gasteiger charge is -2.03. The molecule has 0 fully saturated rings. The van der Waals surface area contributed by atoms with Gasteiger partial charge in [0.15, 0.2) is 11.6 Å². The average molecular weight is 207 g/mol. The van der Waals surface area contributed by atoms with Crippen LogP contribution in [0.4, 0.5) is 8.78 Å². The van der Waals surface area contributed by atoms with E-state index in [1.165, 1.54) is 7.11 Å². The molecule has 0 N–H and O–H groups in total. The second kappa shape index (κ2) is 4.97. The summed E-state index contributed by atoms with van der Waals surface area (Å²) in [6, 6.07) is 3.68. The van der Waals surface area contributed by atoms with Crippen LogP contribution in [0.2, 0.25) is 0 Å². The maximum Gasteiger partial charge on any atom is 0.162 e. The highest BCUT2D eigenvalue weighted by Crippen LogP contribution is 2.20. The number of ether oxygens (including phenoxy) is 1. The van der Waals surface area contributed by atoms with Crippen molar-refractivity contribution in [1.82, 2.24) is 0 Å². The molecule has 1 rings (SSSR count). The fourth-order valence-corrected chi connectivity index (χ4v) is 0.974. The summed E-state index contributed by atoms with van der Waals surface area (Å²) in [5.74, 6) is 3.20. The van der Waals surface area contributed by atoms with E-state index in [1.807, 2.05) is 6.07 Å². The van der Waals surface area contributed by atoms with E-state index in [4.69, 9.17) is 10.00 Å². The second-order valence-corrected chi connectivity index (χ2v) is 2.60. The lowest BCUT2D eigenvalue weighted by Crippen LogP contribution is -1.92. The Morgan fingerprint density at radius 1 is 1.33 bits per heavy atom. The Kier molecular flexibility index (Phi) is 3.65. The molecule has 4 heteroatoms. The molecule has 0 saturated carbocycles. The van der Waals surface area contributed by atoms with E-state index in [1.54, 1.807) is 0 Å². The summed E-state index contributed by atoms with van der Waals surface area (Å²) in [5.41, 5.74) is 0.228. The number of hydrogen-bond acceptors (Lipinski definition) is 2. The number of halogens is 2. The molecule has 0 radical (unpaired) electrons. The number of methoxy groups -OCH3 is 1. The van der Waals surface area contributed by atoms with E-state index < -0.39 is 11.6 Å². The minimum Gasteiger partial charge on any atom is -0.495 e. The predicted octanol–water partition coefficient (Wildman–Crippen LogP) is 2.24. The summed E-state index contributed by atoms with van der Waals surface area (Å²) in [6.45, 7) is 0.